The Morgan fingerprint density at radius 1 is 1.03 bits per heavy atom. The fourth-order valence-corrected chi connectivity index (χ4v) is 4.34. The molecule has 1 aromatic heterocycles. The van der Waals surface area contributed by atoms with Gasteiger partial charge in [-0.15, -0.1) is 0 Å². The molecule has 2 aromatic carbocycles. The van der Waals surface area contributed by atoms with Gasteiger partial charge in [-0.2, -0.15) is 0 Å². The molecule has 8 nitrogen and oxygen atoms in total. The number of aromatic nitrogens is 2. The van der Waals surface area contributed by atoms with E-state index in [0.29, 0.717) is 17.1 Å². The molecule has 1 heterocycles. The number of rotatable bonds is 12. The van der Waals surface area contributed by atoms with Gasteiger partial charge in [-0.1, -0.05) is 44.2 Å². The van der Waals surface area contributed by atoms with Gasteiger partial charge in [-0.25, -0.2) is 9.37 Å². The third-order valence-corrected chi connectivity index (χ3v) is 6.15. The smallest absolute Gasteiger partial charge is 0.550 e. The van der Waals surface area contributed by atoms with Crippen molar-refractivity contribution in [2.45, 2.75) is 70.7 Å². The molecule has 0 aliphatic carbocycles. The quantitative estimate of drug-likeness (QED) is 0.280. The van der Waals surface area contributed by atoms with Gasteiger partial charge in [-0.05, 0) is 55.5 Å². The summed E-state index contributed by atoms with van der Waals surface area (Å²) in [5.74, 6) is -1.82. The molecule has 0 bridgehead atoms. The van der Waals surface area contributed by atoms with E-state index in [1.807, 2.05) is 55.7 Å². The minimum atomic E-state index is -1.39. The number of benzene rings is 2. The van der Waals surface area contributed by atoms with Gasteiger partial charge in [0.15, 0.2) is 0 Å². The standard InChI is InChI=1S/C28H34FN3O5.Na/c1-17(2)26-25(28(37)30-18(3)19-7-5-4-6-8-19)31-27(20-9-11-21(29)12-10-20)32(26)14-13-22(33)15-23(34)16-24(35)36;/h4-12,17-18,22-23,33-34H,13-16H2,1-3H3,(H,30,37)(H,35,36);/q;+1/p-1/t18-,22+,23+;/m0./s1. The number of halogens is 1. The Kier molecular flexibility index (Phi) is 12.1. The van der Waals surface area contributed by atoms with Crippen LogP contribution in [0.4, 0.5) is 4.39 Å². The van der Waals surface area contributed by atoms with Crippen LogP contribution < -0.4 is 40.0 Å². The van der Waals surface area contributed by atoms with Crippen LogP contribution in [0.15, 0.2) is 54.6 Å². The Bertz CT molecular complexity index is 1200. The molecule has 0 fully saturated rings. The molecule has 3 N–H and O–H groups in total. The number of hydrogen-bond donors (Lipinski definition) is 3. The Balaban J connectivity index is 0.00000507. The van der Waals surface area contributed by atoms with E-state index in [0.717, 1.165) is 5.56 Å². The molecule has 0 radical (unpaired) electrons. The fourth-order valence-electron chi connectivity index (χ4n) is 4.34. The summed E-state index contributed by atoms with van der Waals surface area (Å²) in [5, 5.41) is 34.0. The van der Waals surface area contributed by atoms with Gasteiger partial charge >= 0.3 is 29.6 Å². The minimum absolute atomic E-state index is 0. The number of nitrogens with zero attached hydrogens (tertiary/aromatic N) is 2. The van der Waals surface area contributed by atoms with Gasteiger partial charge in [0.25, 0.3) is 5.91 Å². The number of amides is 1. The summed E-state index contributed by atoms with van der Waals surface area (Å²) in [7, 11) is 0. The van der Waals surface area contributed by atoms with Gasteiger partial charge < -0.3 is 30.0 Å². The van der Waals surface area contributed by atoms with Crippen LogP contribution in [0.1, 0.15) is 73.7 Å². The van der Waals surface area contributed by atoms with Crippen molar-refractivity contribution in [2.24, 2.45) is 0 Å². The van der Waals surface area contributed by atoms with E-state index >= 15 is 0 Å². The van der Waals surface area contributed by atoms with Crippen molar-refractivity contribution in [3.63, 3.8) is 0 Å². The predicted molar refractivity (Wildman–Crippen MR) is 135 cm³/mol. The van der Waals surface area contributed by atoms with Crippen LogP contribution in [0, 0.1) is 5.82 Å². The van der Waals surface area contributed by atoms with E-state index in [4.69, 9.17) is 0 Å². The third kappa shape index (κ3) is 8.47. The Morgan fingerprint density at radius 3 is 2.24 bits per heavy atom. The van der Waals surface area contributed by atoms with Crippen LogP contribution in [-0.2, 0) is 11.3 Å². The van der Waals surface area contributed by atoms with Crippen molar-refractivity contribution >= 4 is 11.9 Å². The molecule has 0 spiro atoms. The summed E-state index contributed by atoms with van der Waals surface area (Å²) in [4.78, 5) is 28.8. The average molecular weight is 534 g/mol. The molecule has 3 aromatic rings. The summed E-state index contributed by atoms with van der Waals surface area (Å²) in [6.45, 7) is 5.99. The molecular weight excluding hydrogens is 500 g/mol. The minimum Gasteiger partial charge on any atom is -0.550 e. The second-order valence-electron chi connectivity index (χ2n) is 9.50. The zero-order chi connectivity index (χ0) is 27.1. The first kappa shape index (κ1) is 31.7. The van der Waals surface area contributed by atoms with Crippen LogP contribution in [0.3, 0.4) is 0 Å². The van der Waals surface area contributed by atoms with E-state index in [-0.39, 0.29) is 72.5 Å². The molecule has 3 rings (SSSR count). The molecule has 1 amide bonds. The number of aliphatic hydroxyl groups excluding tert-OH is 2. The van der Waals surface area contributed by atoms with Crippen LogP contribution in [-0.4, -0.2) is 43.8 Å². The molecule has 0 saturated heterocycles. The Labute approximate surface area is 244 Å². The van der Waals surface area contributed by atoms with Crippen molar-refractivity contribution in [2.75, 3.05) is 0 Å². The normalized spacial score (nSPS) is 13.4. The first-order valence-electron chi connectivity index (χ1n) is 12.3. The maximum absolute atomic E-state index is 13.6. The number of nitrogens with one attached hydrogen (secondary N) is 1. The Hall–Kier alpha value is -2.56. The topological polar surface area (TPSA) is 128 Å². The van der Waals surface area contributed by atoms with E-state index in [1.54, 1.807) is 12.1 Å². The molecule has 0 aliphatic heterocycles. The first-order chi connectivity index (χ1) is 17.6. The van der Waals surface area contributed by atoms with Crippen molar-refractivity contribution in [1.82, 2.24) is 14.9 Å². The van der Waals surface area contributed by atoms with E-state index in [9.17, 15) is 29.3 Å². The van der Waals surface area contributed by atoms with Crippen molar-refractivity contribution < 1.29 is 58.9 Å². The molecule has 38 heavy (non-hydrogen) atoms. The van der Waals surface area contributed by atoms with Gasteiger partial charge in [0.2, 0.25) is 0 Å². The molecule has 0 saturated carbocycles. The maximum atomic E-state index is 13.6. The van der Waals surface area contributed by atoms with Crippen LogP contribution in [0.5, 0.6) is 0 Å². The monoisotopic (exact) mass is 533 g/mol. The van der Waals surface area contributed by atoms with Gasteiger partial charge in [0.1, 0.15) is 17.3 Å². The summed E-state index contributed by atoms with van der Waals surface area (Å²) < 4.78 is 15.4. The molecular formula is C28H33FN3NaO5. The van der Waals surface area contributed by atoms with Gasteiger partial charge in [-0.3, -0.25) is 4.79 Å². The number of aliphatic carboxylic acids is 1. The summed E-state index contributed by atoms with van der Waals surface area (Å²) >= 11 is 0. The van der Waals surface area contributed by atoms with E-state index < -0.39 is 30.4 Å². The van der Waals surface area contributed by atoms with Crippen molar-refractivity contribution in [1.29, 1.82) is 0 Å². The molecule has 3 atom stereocenters. The largest absolute Gasteiger partial charge is 1.00 e. The molecule has 198 valence electrons. The second kappa shape index (κ2) is 14.6. The van der Waals surface area contributed by atoms with E-state index in [1.165, 1.54) is 12.1 Å². The van der Waals surface area contributed by atoms with Crippen molar-refractivity contribution in [3.8, 4) is 11.4 Å². The summed E-state index contributed by atoms with van der Waals surface area (Å²) in [6.07, 6.45) is -2.74. The summed E-state index contributed by atoms with van der Waals surface area (Å²) in [5.41, 5.74) is 2.44. The number of carbonyl (C=O) groups excluding carboxylic acids is 2. The number of hydrogen-bond acceptors (Lipinski definition) is 6. The number of carbonyl (C=O) groups is 2. The fraction of sp³-hybridized carbons (Fsp3) is 0.393. The zero-order valence-corrected chi connectivity index (χ0v) is 24.2. The van der Waals surface area contributed by atoms with Gasteiger partial charge in [0.05, 0.1) is 23.9 Å². The SMILES string of the molecule is CC(C)c1c(C(=O)N[C@@H](C)c2ccccc2)nc(-c2ccc(F)cc2)n1CC[C@@H](O)C[C@@H](O)CC(=O)[O-].[Na+]. The van der Waals surface area contributed by atoms with Crippen LogP contribution in [0.25, 0.3) is 11.4 Å². The maximum Gasteiger partial charge on any atom is 1.00 e. The van der Waals surface area contributed by atoms with Crippen molar-refractivity contribution in [3.05, 3.63) is 77.4 Å². The second-order valence-corrected chi connectivity index (χ2v) is 9.50. The number of carboxylic acid groups (broad SMARTS) is 1. The number of imidazole rings is 1. The molecule has 10 heteroatoms. The van der Waals surface area contributed by atoms with Crippen LogP contribution >= 0.6 is 0 Å². The molecule has 0 aliphatic rings. The average Bonchev–Trinajstić information content (AvgIpc) is 3.23. The predicted octanol–water partition coefficient (Wildman–Crippen LogP) is -0.0504. The first-order valence-corrected chi connectivity index (χ1v) is 12.3. The summed E-state index contributed by atoms with van der Waals surface area (Å²) in [6, 6.07) is 15.1. The Morgan fingerprint density at radius 2 is 1.66 bits per heavy atom. The number of carboxylic acids is 1. The zero-order valence-electron chi connectivity index (χ0n) is 22.2. The van der Waals surface area contributed by atoms with Gasteiger partial charge in [0, 0.05) is 24.5 Å². The number of aliphatic hydroxyl groups is 2. The molecule has 0 unspecified atom stereocenters. The third-order valence-electron chi connectivity index (χ3n) is 6.15. The van der Waals surface area contributed by atoms with E-state index in [2.05, 4.69) is 10.3 Å². The van der Waals surface area contributed by atoms with Crippen LogP contribution in [0.2, 0.25) is 0 Å².